The summed E-state index contributed by atoms with van der Waals surface area (Å²) in [6, 6.07) is 10.4. The number of aryl methyl sites for hydroxylation is 1. The average Bonchev–Trinajstić information content (AvgIpc) is 4.06. The van der Waals surface area contributed by atoms with Crippen molar-refractivity contribution < 1.29 is 23.6 Å². The predicted octanol–water partition coefficient (Wildman–Crippen LogP) is 4.13. The van der Waals surface area contributed by atoms with Gasteiger partial charge in [-0.3, -0.25) is 39.8 Å². The van der Waals surface area contributed by atoms with Gasteiger partial charge in [0.2, 0.25) is 5.91 Å². The van der Waals surface area contributed by atoms with Gasteiger partial charge in [-0.15, -0.1) is 11.3 Å². The summed E-state index contributed by atoms with van der Waals surface area (Å²) in [7, 11) is 0. The molecule has 1 unspecified atom stereocenters. The molecule has 5 amide bonds. The molecular formula is C39H36FN11O4S. The maximum atomic E-state index is 15.9. The number of carbonyl (C=O) groups is 4. The molecule has 15 nitrogen and oxygen atoms in total. The minimum Gasteiger partial charge on any atom is -0.366 e. The number of hydrogen-bond donors (Lipinski definition) is 2. The Labute approximate surface area is 324 Å². The molecule has 2 N–H and O–H groups in total. The monoisotopic (exact) mass is 773 g/mol. The summed E-state index contributed by atoms with van der Waals surface area (Å²) >= 11 is 1.28. The van der Waals surface area contributed by atoms with E-state index in [1.54, 1.807) is 36.4 Å². The molecule has 3 aromatic heterocycles. The number of fused-ring (bicyclic) bond motifs is 4. The van der Waals surface area contributed by atoms with Gasteiger partial charge in [0.25, 0.3) is 11.8 Å². The second-order valence-electron chi connectivity index (χ2n) is 14.8. The van der Waals surface area contributed by atoms with Crippen molar-refractivity contribution in [1.29, 1.82) is 0 Å². The smallest absolute Gasteiger partial charge is 0.329 e. The Morgan fingerprint density at radius 3 is 2.61 bits per heavy atom. The number of benzene rings is 2. The number of urea groups is 1. The molecule has 5 aliphatic rings. The van der Waals surface area contributed by atoms with Crippen molar-refractivity contribution in [3.8, 4) is 11.1 Å². The van der Waals surface area contributed by atoms with E-state index in [2.05, 4.69) is 40.4 Å². The van der Waals surface area contributed by atoms with Crippen molar-refractivity contribution in [1.82, 2.24) is 39.6 Å². The highest BCUT2D eigenvalue weighted by atomic mass is 32.1. The van der Waals surface area contributed by atoms with Crippen molar-refractivity contribution in [2.45, 2.75) is 63.4 Å². The second-order valence-corrected chi connectivity index (χ2v) is 15.7. The third-order valence-electron chi connectivity index (χ3n) is 11.6. The average molecular weight is 774 g/mol. The highest BCUT2D eigenvalue weighted by Crippen LogP contribution is 2.39. The molecule has 0 aliphatic carbocycles. The number of likely N-dealkylation sites (tertiary alicyclic amines) is 1. The summed E-state index contributed by atoms with van der Waals surface area (Å²) in [4.78, 5) is 77.0. The number of thiazole rings is 1. The number of anilines is 3. The molecule has 5 aromatic rings. The number of rotatable bonds is 9. The van der Waals surface area contributed by atoms with Crippen LogP contribution in [0.25, 0.3) is 11.1 Å². The summed E-state index contributed by atoms with van der Waals surface area (Å²) in [5, 5.41) is 7.33. The number of imidazole rings is 1. The predicted molar refractivity (Wildman–Crippen MR) is 203 cm³/mol. The molecule has 56 heavy (non-hydrogen) atoms. The Balaban J connectivity index is 0.820. The van der Waals surface area contributed by atoms with Crippen LogP contribution in [0.2, 0.25) is 0 Å². The van der Waals surface area contributed by atoms with Gasteiger partial charge >= 0.3 is 6.03 Å². The molecule has 0 radical (unpaired) electrons. The van der Waals surface area contributed by atoms with Gasteiger partial charge in [0.05, 0.1) is 36.7 Å². The number of nitrogens with zero attached hydrogens (tertiary/aromatic N) is 9. The fourth-order valence-electron chi connectivity index (χ4n) is 8.83. The highest BCUT2D eigenvalue weighted by molar-refractivity contribution is 7.13. The number of hydrogen-bond acceptors (Lipinski definition) is 11. The van der Waals surface area contributed by atoms with E-state index in [9.17, 15) is 19.2 Å². The van der Waals surface area contributed by atoms with Crippen LogP contribution < -0.4 is 20.4 Å². The van der Waals surface area contributed by atoms with Gasteiger partial charge in [0, 0.05) is 85.3 Å². The van der Waals surface area contributed by atoms with Crippen LogP contribution >= 0.6 is 11.3 Å². The first-order valence-corrected chi connectivity index (χ1v) is 19.6. The van der Waals surface area contributed by atoms with E-state index >= 15 is 4.39 Å². The molecule has 17 heteroatoms. The zero-order valence-corrected chi connectivity index (χ0v) is 30.9. The van der Waals surface area contributed by atoms with Gasteiger partial charge in [-0.1, -0.05) is 12.1 Å². The largest absolute Gasteiger partial charge is 0.366 e. The van der Waals surface area contributed by atoms with E-state index in [4.69, 9.17) is 0 Å². The number of amides is 5. The van der Waals surface area contributed by atoms with Gasteiger partial charge in [-0.2, -0.15) is 0 Å². The first-order chi connectivity index (χ1) is 27.3. The topological polar surface area (TPSA) is 162 Å². The van der Waals surface area contributed by atoms with Gasteiger partial charge in [-0.05, 0) is 54.7 Å². The molecule has 3 atom stereocenters. The fourth-order valence-corrected chi connectivity index (χ4v) is 9.36. The Morgan fingerprint density at radius 2 is 1.86 bits per heavy atom. The van der Waals surface area contributed by atoms with Gasteiger partial charge in [0.1, 0.15) is 5.82 Å². The Morgan fingerprint density at radius 1 is 0.982 bits per heavy atom. The van der Waals surface area contributed by atoms with Crippen LogP contribution in [0.3, 0.4) is 0 Å². The molecule has 284 valence electrons. The zero-order valence-electron chi connectivity index (χ0n) is 30.1. The van der Waals surface area contributed by atoms with E-state index in [0.717, 1.165) is 61.5 Å². The number of nitrogens with one attached hydrogen (secondary N) is 2. The van der Waals surface area contributed by atoms with Crippen LogP contribution in [0.5, 0.6) is 0 Å². The van der Waals surface area contributed by atoms with Crippen LogP contribution in [-0.2, 0) is 35.6 Å². The number of imide groups is 1. The van der Waals surface area contributed by atoms with Crippen molar-refractivity contribution >= 4 is 51.7 Å². The maximum absolute atomic E-state index is 15.9. The van der Waals surface area contributed by atoms with E-state index in [1.165, 1.54) is 27.2 Å². The Hall–Kier alpha value is -6.07. The summed E-state index contributed by atoms with van der Waals surface area (Å²) < 4.78 is 17.9. The number of halogens is 1. The summed E-state index contributed by atoms with van der Waals surface area (Å²) in [6.07, 6.45) is 9.50. The maximum Gasteiger partial charge on any atom is 0.329 e. The number of aromatic nitrogens is 5. The molecule has 2 aromatic carbocycles. The lowest BCUT2D eigenvalue weighted by Crippen LogP contribution is -2.50. The van der Waals surface area contributed by atoms with Crippen LogP contribution in [-0.4, -0.2) is 89.8 Å². The molecule has 3 fully saturated rings. The standard InChI is InChI=1S/C39H36FN11O4S/c40-30-13-23(12-28-29(30)20-51(37(28)54)35(36(53)46-38-41-8-11-56-38)34-31-2-1-9-47(31)21-44-34)22-3-5-25(6-4-22)50-19-26-14-27(50)18-48(26)17-24-15-43-32(16-42-24)49-10-7-33(52)45-39(49)55/h3-6,8,11-13,15-16,21,26-27,35H,1-2,7,9-10,14,17-20H2,(H,41,46,53)(H,45,52,55)/t26-,27-,35?/m1/s1. The van der Waals surface area contributed by atoms with Crippen LogP contribution in [0, 0.1) is 5.82 Å². The molecule has 10 rings (SSSR count). The van der Waals surface area contributed by atoms with Crippen molar-refractivity contribution in [3.05, 3.63) is 101 Å². The molecule has 3 saturated heterocycles. The Bertz CT molecular complexity index is 2390. The third-order valence-corrected chi connectivity index (χ3v) is 12.2. The highest BCUT2D eigenvalue weighted by Gasteiger charge is 2.44. The number of carbonyl (C=O) groups excluding carboxylic acids is 4. The number of piperazine rings is 1. The van der Waals surface area contributed by atoms with Gasteiger partial charge in [-0.25, -0.2) is 24.1 Å². The van der Waals surface area contributed by atoms with Crippen LogP contribution in [0.4, 0.5) is 25.8 Å². The summed E-state index contributed by atoms with van der Waals surface area (Å²) in [5.41, 5.74) is 5.21. The molecule has 5 aliphatic heterocycles. The summed E-state index contributed by atoms with van der Waals surface area (Å²) in [5.74, 6) is -1.21. The first-order valence-electron chi connectivity index (χ1n) is 18.7. The van der Waals surface area contributed by atoms with Crippen LogP contribution in [0.1, 0.15) is 58.3 Å². The minimum absolute atomic E-state index is 0.0472. The molecule has 0 saturated carbocycles. The Kier molecular flexibility index (Phi) is 8.36. The molecule has 8 heterocycles. The second kappa shape index (κ2) is 13.6. The zero-order chi connectivity index (χ0) is 38.1. The quantitative estimate of drug-likeness (QED) is 0.223. The van der Waals surface area contributed by atoms with Crippen LogP contribution in [0.15, 0.2) is 66.7 Å². The van der Waals surface area contributed by atoms with Crippen molar-refractivity contribution in [2.75, 3.05) is 34.8 Å². The van der Waals surface area contributed by atoms with Gasteiger partial charge in [0.15, 0.2) is 17.0 Å². The summed E-state index contributed by atoms with van der Waals surface area (Å²) in [6.45, 7) is 3.39. The molecular weight excluding hydrogens is 738 g/mol. The normalized spacial score (nSPS) is 20.8. The van der Waals surface area contributed by atoms with Gasteiger partial charge < -0.3 is 14.4 Å². The lowest BCUT2D eigenvalue weighted by atomic mass is 9.99. The first kappa shape index (κ1) is 34.4. The van der Waals surface area contributed by atoms with E-state index in [-0.39, 0.29) is 36.5 Å². The fraction of sp³-hybridized carbons (Fsp3) is 0.333. The van der Waals surface area contributed by atoms with E-state index < -0.39 is 29.7 Å². The van der Waals surface area contributed by atoms with Crippen molar-refractivity contribution in [3.63, 3.8) is 0 Å². The van der Waals surface area contributed by atoms with Crippen molar-refractivity contribution in [2.24, 2.45) is 0 Å². The van der Waals surface area contributed by atoms with E-state index in [1.807, 2.05) is 28.8 Å². The molecule has 0 spiro atoms. The molecule has 2 bridgehead atoms. The lowest BCUT2D eigenvalue weighted by Gasteiger charge is -2.35. The third kappa shape index (κ3) is 5.97. The minimum atomic E-state index is -1.04. The SMILES string of the molecule is O=C1CCN(c2cnc(CN3C[C@H]4C[C@@H]3CN4c3ccc(-c4cc(F)c5c(c4)C(=O)N(C(C(=O)Nc4nccs4)c4ncn6c4CCC6)C5)cc3)cn2)C(=O)N1. The van der Waals surface area contributed by atoms with E-state index in [0.29, 0.717) is 40.8 Å². The lowest BCUT2D eigenvalue weighted by molar-refractivity contribution is -0.121.